The van der Waals surface area contributed by atoms with Gasteiger partial charge in [0.15, 0.2) is 0 Å². The number of amides is 1. The Labute approximate surface area is 203 Å². The fourth-order valence-electron chi connectivity index (χ4n) is 4.75. The first-order valence-electron chi connectivity index (χ1n) is 11.9. The summed E-state index contributed by atoms with van der Waals surface area (Å²) in [5, 5.41) is 10.6. The summed E-state index contributed by atoms with van der Waals surface area (Å²) in [5.41, 5.74) is 3.01. The highest BCUT2D eigenvalue weighted by molar-refractivity contribution is 5.88. The van der Waals surface area contributed by atoms with Gasteiger partial charge in [-0.3, -0.25) is 4.79 Å². The van der Waals surface area contributed by atoms with Gasteiger partial charge in [-0.25, -0.2) is 8.78 Å². The average Bonchev–Trinajstić information content (AvgIpc) is 2.88. The average molecular weight is 476 g/mol. The third-order valence-corrected chi connectivity index (χ3v) is 6.82. The quantitative estimate of drug-likeness (QED) is 0.384. The Balaban J connectivity index is 1.28. The molecular weight excluding hydrogens is 448 g/mol. The first kappa shape index (κ1) is 23.2. The Kier molecular flexibility index (Phi) is 6.64. The zero-order valence-corrected chi connectivity index (χ0v) is 19.2. The molecule has 6 heteroatoms. The molecule has 3 aromatic carbocycles. The van der Waals surface area contributed by atoms with Crippen molar-refractivity contribution >= 4 is 5.91 Å². The Morgan fingerprint density at radius 3 is 2.34 bits per heavy atom. The number of ether oxygens (including phenoxy) is 1. The van der Waals surface area contributed by atoms with Crippen LogP contribution in [0.25, 0.3) is 0 Å². The smallest absolute Gasteiger partial charge is 0.232 e. The largest absolute Gasteiger partial charge is 0.489 e. The Morgan fingerprint density at radius 2 is 1.71 bits per heavy atom. The van der Waals surface area contributed by atoms with Gasteiger partial charge < -0.3 is 14.7 Å². The van der Waals surface area contributed by atoms with Gasteiger partial charge >= 0.3 is 0 Å². The van der Waals surface area contributed by atoms with E-state index in [0.717, 1.165) is 11.1 Å². The van der Waals surface area contributed by atoms with E-state index in [-0.39, 0.29) is 23.7 Å². The van der Waals surface area contributed by atoms with Crippen molar-refractivity contribution in [2.75, 3.05) is 0 Å². The molecule has 0 unspecified atom stereocenters. The molecule has 5 rings (SSSR count). The summed E-state index contributed by atoms with van der Waals surface area (Å²) in [6, 6.07) is 22.9. The molecule has 0 saturated carbocycles. The van der Waals surface area contributed by atoms with E-state index in [1.807, 2.05) is 54.6 Å². The number of hydrogen-bond donors (Lipinski definition) is 1. The van der Waals surface area contributed by atoms with Crippen molar-refractivity contribution in [1.29, 1.82) is 0 Å². The lowest BCUT2D eigenvalue weighted by Crippen LogP contribution is -2.56. The van der Waals surface area contributed by atoms with Gasteiger partial charge in [0, 0.05) is 6.42 Å². The fourth-order valence-corrected chi connectivity index (χ4v) is 4.75. The maximum absolute atomic E-state index is 14.2. The lowest BCUT2D eigenvalue weighted by Gasteiger charge is -2.51. The highest BCUT2D eigenvalue weighted by Gasteiger charge is 2.51. The van der Waals surface area contributed by atoms with Crippen molar-refractivity contribution in [2.45, 2.75) is 44.2 Å². The number of aliphatic hydroxyl groups excluding tert-OH is 1. The second-order valence-electron chi connectivity index (χ2n) is 9.08. The normalized spacial score (nSPS) is 22.1. The van der Waals surface area contributed by atoms with Crippen LogP contribution in [0.3, 0.4) is 0 Å². The number of alkyl halides is 1. The minimum Gasteiger partial charge on any atom is -0.489 e. The maximum atomic E-state index is 14.2. The minimum atomic E-state index is -1.12. The van der Waals surface area contributed by atoms with Crippen molar-refractivity contribution in [1.82, 2.24) is 4.90 Å². The van der Waals surface area contributed by atoms with Crippen LogP contribution in [0.1, 0.15) is 48.1 Å². The van der Waals surface area contributed by atoms with Gasteiger partial charge in [0.05, 0.1) is 23.8 Å². The summed E-state index contributed by atoms with van der Waals surface area (Å²) >= 11 is 0. The Hall–Kier alpha value is -3.51. The van der Waals surface area contributed by atoms with Gasteiger partial charge in [0.1, 0.15) is 24.3 Å². The minimum absolute atomic E-state index is 0.126. The topological polar surface area (TPSA) is 49.8 Å². The predicted octanol–water partition coefficient (Wildman–Crippen LogP) is 6.04. The first-order chi connectivity index (χ1) is 17.0. The number of carbonyl (C=O) groups excluding carboxylic acids is 1. The molecule has 1 saturated heterocycles. The summed E-state index contributed by atoms with van der Waals surface area (Å²) in [5.74, 6) is -0.143. The molecule has 2 aliphatic rings. The van der Waals surface area contributed by atoms with E-state index < -0.39 is 12.3 Å². The van der Waals surface area contributed by atoms with Crippen LogP contribution >= 0.6 is 0 Å². The van der Waals surface area contributed by atoms with Crippen LogP contribution in [0.4, 0.5) is 8.78 Å². The molecule has 35 heavy (non-hydrogen) atoms. The van der Waals surface area contributed by atoms with E-state index in [4.69, 9.17) is 4.74 Å². The molecule has 4 nitrogen and oxygen atoms in total. The number of β-lactam (4-membered cyclic amide) rings is 1. The number of hydrogen-bond acceptors (Lipinski definition) is 3. The maximum Gasteiger partial charge on any atom is 0.232 e. The summed E-state index contributed by atoms with van der Waals surface area (Å²) in [6.07, 6.45) is 0.949. The highest BCUT2D eigenvalue weighted by Crippen LogP contribution is 2.49. The van der Waals surface area contributed by atoms with E-state index in [1.54, 1.807) is 23.1 Å². The van der Waals surface area contributed by atoms with E-state index in [1.165, 1.54) is 12.1 Å². The van der Waals surface area contributed by atoms with Crippen molar-refractivity contribution in [3.8, 4) is 5.75 Å². The number of benzene rings is 3. The fraction of sp³-hybridized carbons (Fsp3) is 0.276. The van der Waals surface area contributed by atoms with Crippen molar-refractivity contribution < 1.29 is 23.4 Å². The summed E-state index contributed by atoms with van der Waals surface area (Å²) in [4.78, 5) is 14.6. The van der Waals surface area contributed by atoms with Crippen molar-refractivity contribution in [2.24, 2.45) is 5.92 Å². The zero-order chi connectivity index (χ0) is 24.4. The lowest BCUT2D eigenvalue weighted by atomic mass is 9.77. The molecule has 1 aliphatic carbocycles. The van der Waals surface area contributed by atoms with Crippen LogP contribution in [0.2, 0.25) is 0 Å². The van der Waals surface area contributed by atoms with Crippen LogP contribution in [0, 0.1) is 11.7 Å². The molecule has 0 aromatic heterocycles. The number of halogens is 2. The van der Waals surface area contributed by atoms with Crippen LogP contribution in [-0.2, 0) is 11.4 Å². The van der Waals surface area contributed by atoms with Gasteiger partial charge in [-0.15, -0.1) is 0 Å². The molecule has 0 radical (unpaired) electrons. The lowest BCUT2D eigenvalue weighted by molar-refractivity contribution is -0.155. The third-order valence-electron chi connectivity index (χ3n) is 6.82. The predicted molar refractivity (Wildman–Crippen MR) is 128 cm³/mol. The monoisotopic (exact) mass is 475 g/mol. The molecule has 1 heterocycles. The molecular formula is C29H27F2NO3. The highest BCUT2D eigenvalue weighted by atomic mass is 19.1. The summed E-state index contributed by atoms with van der Waals surface area (Å²) in [6.45, 7) is 0.453. The molecule has 0 bridgehead atoms. The number of rotatable bonds is 9. The number of nitrogens with zero attached hydrogens (tertiary/aromatic N) is 1. The molecule has 1 aliphatic heterocycles. The number of likely N-dealkylation sites (tertiary alicyclic amines) is 1. The van der Waals surface area contributed by atoms with E-state index >= 15 is 0 Å². The van der Waals surface area contributed by atoms with Crippen molar-refractivity contribution in [3.63, 3.8) is 0 Å². The molecule has 0 spiro atoms. The standard InChI is InChI=1S/C29H27F2NO3/c30-22-10-6-20(7-11-22)27(33)17-14-24-28(32(29(24)34)26-16-15-25(26)31)21-8-12-23(13-9-21)35-18-19-4-2-1-3-5-19/h1-13,16,24-25,27-28,33H,14-15,17-18H2/t24-,25-,27+,28-/m1/s1. The summed E-state index contributed by atoms with van der Waals surface area (Å²) in [7, 11) is 0. The number of aliphatic hydroxyl groups is 1. The first-order valence-corrected chi connectivity index (χ1v) is 11.9. The number of allylic oxidation sites excluding steroid dienone is 2. The zero-order valence-electron chi connectivity index (χ0n) is 19.2. The molecule has 1 N–H and O–H groups in total. The van der Waals surface area contributed by atoms with E-state index in [9.17, 15) is 18.7 Å². The third kappa shape index (κ3) is 4.84. The molecule has 3 aromatic rings. The second-order valence-corrected chi connectivity index (χ2v) is 9.08. The van der Waals surface area contributed by atoms with Crippen LogP contribution in [-0.4, -0.2) is 22.1 Å². The molecule has 4 atom stereocenters. The molecule has 1 fully saturated rings. The molecule has 1 amide bonds. The molecule has 180 valence electrons. The Morgan fingerprint density at radius 1 is 1.00 bits per heavy atom. The van der Waals surface area contributed by atoms with Crippen LogP contribution in [0.5, 0.6) is 5.75 Å². The van der Waals surface area contributed by atoms with E-state index in [2.05, 4.69) is 0 Å². The van der Waals surface area contributed by atoms with Crippen LogP contribution < -0.4 is 4.74 Å². The second kappa shape index (κ2) is 10.0. The summed E-state index contributed by atoms with van der Waals surface area (Å²) < 4.78 is 33.3. The Bertz CT molecular complexity index is 1190. The van der Waals surface area contributed by atoms with Gasteiger partial charge in [-0.1, -0.05) is 60.7 Å². The van der Waals surface area contributed by atoms with Gasteiger partial charge in [0.25, 0.3) is 0 Å². The van der Waals surface area contributed by atoms with Gasteiger partial charge in [-0.05, 0) is 53.8 Å². The number of carbonyl (C=O) groups is 1. The SMILES string of the molecule is O=C1[C@H](CC[C@H](O)c2ccc(F)cc2)[C@@H](c2ccc(OCc3ccccc3)cc2)N1C1=CC[C@H]1F. The van der Waals surface area contributed by atoms with Crippen molar-refractivity contribution in [3.05, 3.63) is 113 Å². The van der Waals surface area contributed by atoms with E-state index in [0.29, 0.717) is 42.9 Å². The van der Waals surface area contributed by atoms with Gasteiger partial charge in [-0.2, -0.15) is 0 Å². The van der Waals surface area contributed by atoms with Gasteiger partial charge in [0.2, 0.25) is 5.91 Å². The van der Waals surface area contributed by atoms with Crippen LogP contribution in [0.15, 0.2) is 90.6 Å².